The van der Waals surface area contributed by atoms with Crippen LogP contribution >= 0.6 is 0 Å². The summed E-state index contributed by atoms with van der Waals surface area (Å²) in [5.74, 6) is -0.950. The molecule has 0 radical (unpaired) electrons. The predicted octanol–water partition coefficient (Wildman–Crippen LogP) is 4.84. The summed E-state index contributed by atoms with van der Waals surface area (Å²) in [7, 11) is 0. The molecule has 3 aromatic rings. The highest BCUT2D eigenvalue weighted by molar-refractivity contribution is 5.77. The summed E-state index contributed by atoms with van der Waals surface area (Å²) in [6, 6.07) is 24.1. The normalized spacial score (nSPS) is 22.4. The van der Waals surface area contributed by atoms with Gasteiger partial charge in [-0.3, -0.25) is 14.5 Å². The minimum atomic E-state index is -0.898. The molecule has 9 nitrogen and oxygen atoms in total. The van der Waals surface area contributed by atoms with E-state index in [1.807, 2.05) is 60.7 Å². The van der Waals surface area contributed by atoms with Gasteiger partial charge in [0.05, 0.1) is 32.0 Å². The number of nitrogens with zero attached hydrogens (tertiary/aromatic N) is 1. The highest BCUT2D eigenvalue weighted by atomic mass is 16.7. The van der Waals surface area contributed by atoms with Gasteiger partial charge in [0.1, 0.15) is 0 Å². The van der Waals surface area contributed by atoms with E-state index in [4.69, 9.17) is 19.3 Å². The fourth-order valence-corrected chi connectivity index (χ4v) is 5.82. The van der Waals surface area contributed by atoms with Crippen molar-refractivity contribution in [2.75, 3.05) is 32.8 Å². The van der Waals surface area contributed by atoms with Crippen molar-refractivity contribution < 1.29 is 34.0 Å². The molecule has 2 saturated heterocycles. The fourth-order valence-electron chi connectivity index (χ4n) is 5.82. The molecule has 1 amide bonds. The van der Waals surface area contributed by atoms with Gasteiger partial charge in [0.2, 0.25) is 5.91 Å². The minimum absolute atomic E-state index is 0.00138. The summed E-state index contributed by atoms with van der Waals surface area (Å²) in [5.41, 5.74) is 5.84. The SMILES string of the molecule is C[C@@H]1[C@H](CN2CCOCC2)O[C@H](c2ccc(-c3ccccc3CNC(=O)CCCC(=O)O)cc2)O[C@@H]1c1ccc(CO)cc1. The standard InChI is InChI=1S/C35H42N2O7/c1-24-31(22-37-17-19-42-20-18-37)43-35(44-34(24)27-11-9-25(23-38)10-12-27)28-15-13-26(14-16-28)30-6-3-2-5-29(30)21-36-32(39)7-4-8-33(40)41/h2-3,5-6,9-16,24,31,34-35,38H,4,7-8,17-23H2,1H3,(H,36,39)(H,40,41)/t24-,31+,34+,35+/m1/s1. The monoisotopic (exact) mass is 602 g/mol. The van der Waals surface area contributed by atoms with E-state index < -0.39 is 12.3 Å². The largest absolute Gasteiger partial charge is 0.481 e. The molecule has 44 heavy (non-hydrogen) atoms. The number of aliphatic hydroxyl groups excluding tert-OH is 1. The van der Waals surface area contributed by atoms with Gasteiger partial charge in [-0.1, -0.05) is 79.7 Å². The maximum Gasteiger partial charge on any atom is 0.303 e. The number of amides is 1. The zero-order chi connectivity index (χ0) is 30.9. The average Bonchev–Trinajstić information content (AvgIpc) is 3.05. The van der Waals surface area contributed by atoms with E-state index in [0.29, 0.717) is 13.0 Å². The number of hydrogen-bond acceptors (Lipinski definition) is 7. The molecule has 5 rings (SSSR count). The Morgan fingerprint density at radius 3 is 2.32 bits per heavy atom. The van der Waals surface area contributed by atoms with Crippen molar-refractivity contribution >= 4 is 11.9 Å². The number of hydrogen-bond donors (Lipinski definition) is 3. The summed E-state index contributed by atoms with van der Waals surface area (Å²) in [6.07, 6.45) is -0.289. The van der Waals surface area contributed by atoms with Crippen molar-refractivity contribution in [3.05, 3.63) is 95.1 Å². The summed E-state index contributed by atoms with van der Waals surface area (Å²) < 4.78 is 18.8. The topological polar surface area (TPSA) is 118 Å². The van der Waals surface area contributed by atoms with E-state index >= 15 is 0 Å². The second-order valence-electron chi connectivity index (χ2n) is 11.5. The highest BCUT2D eigenvalue weighted by Crippen LogP contribution is 2.42. The van der Waals surface area contributed by atoms with E-state index in [-0.39, 0.29) is 43.5 Å². The third-order valence-electron chi connectivity index (χ3n) is 8.45. The number of morpholine rings is 1. The molecule has 2 heterocycles. The number of nitrogens with one attached hydrogen (secondary N) is 1. The molecule has 2 fully saturated rings. The van der Waals surface area contributed by atoms with Crippen molar-refractivity contribution in [2.24, 2.45) is 5.92 Å². The van der Waals surface area contributed by atoms with Crippen LogP contribution in [0, 0.1) is 5.92 Å². The first kappa shape index (κ1) is 31.8. The number of aliphatic hydroxyl groups is 1. The van der Waals surface area contributed by atoms with Crippen LogP contribution in [0.5, 0.6) is 0 Å². The molecule has 0 bridgehead atoms. The van der Waals surface area contributed by atoms with Gasteiger partial charge in [-0.05, 0) is 34.2 Å². The highest BCUT2D eigenvalue weighted by Gasteiger charge is 2.39. The Morgan fingerprint density at radius 1 is 0.909 bits per heavy atom. The maximum atomic E-state index is 12.2. The molecule has 9 heteroatoms. The molecule has 0 aliphatic carbocycles. The van der Waals surface area contributed by atoms with Crippen molar-refractivity contribution in [3.8, 4) is 11.1 Å². The minimum Gasteiger partial charge on any atom is -0.481 e. The number of rotatable bonds is 12. The van der Waals surface area contributed by atoms with Crippen LogP contribution in [-0.2, 0) is 37.0 Å². The van der Waals surface area contributed by atoms with Crippen molar-refractivity contribution in [3.63, 3.8) is 0 Å². The third-order valence-corrected chi connectivity index (χ3v) is 8.45. The Balaban J connectivity index is 1.31. The Bertz CT molecular complexity index is 1370. The molecule has 0 unspecified atom stereocenters. The van der Waals surface area contributed by atoms with Crippen LogP contribution in [0.15, 0.2) is 72.8 Å². The first-order valence-corrected chi connectivity index (χ1v) is 15.4. The van der Waals surface area contributed by atoms with Gasteiger partial charge < -0.3 is 29.7 Å². The number of carboxylic acid groups (broad SMARTS) is 1. The van der Waals surface area contributed by atoms with Gasteiger partial charge in [-0.25, -0.2) is 0 Å². The lowest BCUT2D eigenvalue weighted by Gasteiger charge is -2.43. The number of carbonyl (C=O) groups is 2. The van der Waals surface area contributed by atoms with Crippen LogP contribution in [0.2, 0.25) is 0 Å². The Labute approximate surface area is 258 Å². The Hall–Kier alpha value is -3.60. The molecule has 2 aliphatic heterocycles. The molecular weight excluding hydrogens is 560 g/mol. The van der Waals surface area contributed by atoms with Crippen LogP contribution < -0.4 is 5.32 Å². The summed E-state index contributed by atoms with van der Waals surface area (Å²) in [4.78, 5) is 25.4. The fraction of sp³-hybridized carbons (Fsp3) is 0.429. The molecule has 234 valence electrons. The summed E-state index contributed by atoms with van der Waals surface area (Å²) in [5, 5.41) is 21.3. The zero-order valence-corrected chi connectivity index (χ0v) is 25.2. The number of benzene rings is 3. The molecule has 3 aromatic carbocycles. The number of carbonyl (C=O) groups excluding carboxylic acids is 1. The molecule has 2 aliphatic rings. The first-order chi connectivity index (χ1) is 21.4. The summed E-state index contributed by atoms with van der Waals surface area (Å²) in [6.45, 7) is 6.54. The van der Waals surface area contributed by atoms with E-state index in [9.17, 15) is 14.7 Å². The summed E-state index contributed by atoms with van der Waals surface area (Å²) >= 11 is 0. The molecule has 4 atom stereocenters. The smallest absolute Gasteiger partial charge is 0.303 e. The van der Waals surface area contributed by atoms with E-state index in [0.717, 1.165) is 66.2 Å². The lowest BCUT2D eigenvalue weighted by molar-refractivity contribution is -0.277. The van der Waals surface area contributed by atoms with Crippen LogP contribution in [0.25, 0.3) is 11.1 Å². The van der Waals surface area contributed by atoms with E-state index in [1.54, 1.807) is 0 Å². The molecular formula is C35H42N2O7. The van der Waals surface area contributed by atoms with Gasteiger partial charge in [0.25, 0.3) is 0 Å². The predicted molar refractivity (Wildman–Crippen MR) is 165 cm³/mol. The number of carboxylic acids is 1. The van der Waals surface area contributed by atoms with E-state index in [2.05, 4.69) is 29.3 Å². The third kappa shape index (κ3) is 8.31. The van der Waals surface area contributed by atoms with Crippen molar-refractivity contribution in [2.45, 2.75) is 57.8 Å². The van der Waals surface area contributed by atoms with Gasteiger partial charge in [0.15, 0.2) is 6.29 Å². The molecule has 3 N–H and O–H groups in total. The number of ether oxygens (including phenoxy) is 3. The van der Waals surface area contributed by atoms with Gasteiger partial charge in [-0.2, -0.15) is 0 Å². The van der Waals surface area contributed by atoms with Gasteiger partial charge in [-0.15, -0.1) is 0 Å². The van der Waals surface area contributed by atoms with Crippen molar-refractivity contribution in [1.82, 2.24) is 10.2 Å². The second-order valence-corrected chi connectivity index (χ2v) is 11.5. The lowest BCUT2D eigenvalue weighted by Crippen LogP contribution is -2.47. The van der Waals surface area contributed by atoms with Crippen LogP contribution in [0.3, 0.4) is 0 Å². The van der Waals surface area contributed by atoms with Crippen LogP contribution in [0.4, 0.5) is 0 Å². The molecule has 0 aromatic heterocycles. The second kappa shape index (κ2) is 15.4. The zero-order valence-electron chi connectivity index (χ0n) is 25.2. The molecule has 0 saturated carbocycles. The average molecular weight is 603 g/mol. The number of aliphatic carboxylic acids is 1. The van der Waals surface area contributed by atoms with Crippen LogP contribution in [-0.4, -0.2) is 65.9 Å². The van der Waals surface area contributed by atoms with Gasteiger partial charge >= 0.3 is 5.97 Å². The lowest BCUT2D eigenvalue weighted by atomic mass is 9.90. The van der Waals surface area contributed by atoms with Crippen molar-refractivity contribution in [1.29, 1.82) is 0 Å². The molecule has 0 spiro atoms. The Morgan fingerprint density at radius 2 is 1.61 bits per heavy atom. The Kier molecular flexibility index (Phi) is 11.1. The van der Waals surface area contributed by atoms with Gasteiger partial charge in [0, 0.05) is 50.5 Å². The maximum absolute atomic E-state index is 12.2. The van der Waals surface area contributed by atoms with Crippen LogP contribution in [0.1, 0.15) is 60.8 Å². The quantitative estimate of drug-likeness (QED) is 0.270. The van der Waals surface area contributed by atoms with E-state index in [1.165, 1.54) is 0 Å². The first-order valence-electron chi connectivity index (χ1n) is 15.4.